The van der Waals surface area contributed by atoms with Gasteiger partial charge < -0.3 is 0 Å². The number of carbonyl (C=O) groups excluding carboxylic acids is 1. The Hall–Kier alpha value is -1.11. The smallest absolute Gasteiger partial charge is 0.159 e. The van der Waals surface area contributed by atoms with Crippen LogP contribution in [0.25, 0.3) is 0 Å². The summed E-state index contributed by atoms with van der Waals surface area (Å²) in [6.45, 7) is 1.67. The van der Waals surface area contributed by atoms with Gasteiger partial charge in [0.2, 0.25) is 0 Å². The molecule has 0 heterocycles. The van der Waals surface area contributed by atoms with Crippen LogP contribution in [-0.4, -0.2) is 5.78 Å². The van der Waals surface area contributed by atoms with Crippen molar-refractivity contribution < 1.29 is 4.79 Å². The zero-order chi connectivity index (χ0) is 10.4. The highest BCUT2D eigenvalue weighted by molar-refractivity contribution is 5.94. The maximum absolute atomic E-state index is 11.4. The van der Waals surface area contributed by atoms with Crippen LogP contribution in [0.4, 0.5) is 0 Å². The van der Waals surface area contributed by atoms with Crippen LogP contribution in [0, 0.1) is 0 Å². The predicted molar refractivity (Wildman–Crippen MR) is 60.4 cm³/mol. The minimum Gasteiger partial charge on any atom is -0.295 e. The van der Waals surface area contributed by atoms with E-state index in [1.165, 1.54) is 36.8 Å². The molecule has 0 N–H and O–H groups in total. The lowest BCUT2D eigenvalue weighted by Crippen LogP contribution is -1.96. The van der Waals surface area contributed by atoms with Gasteiger partial charge in [0.15, 0.2) is 5.78 Å². The lowest BCUT2D eigenvalue weighted by molar-refractivity contribution is 0.101. The molecule has 0 saturated heterocycles. The van der Waals surface area contributed by atoms with E-state index in [9.17, 15) is 4.79 Å². The van der Waals surface area contributed by atoms with Crippen LogP contribution in [0.1, 0.15) is 65.9 Å². The third kappa shape index (κ3) is 1.83. The van der Waals surface area contributed by atoms with Crippen LogP contribution in [0.3, 0.4) is 0 Å². The van der Waals surface area contributed by atoms with Gasteiger partial charge in [0.05, 0.1) is 0 Å². The molecule has 1 heteroatoms. The number of hydrogen-bond donors (Lipinski definition) is 0. The molecule has 0 spiro atoms. The summed E-state index contributed by atoms with van der Waals surface area (Å²) in [4.78, 5) is 11.4. The topological polar surface area (TPSA) is 17.1 Å². The summed E-state index contributed by atoms with van der Waals surface area (Å²) in [5.74, 6) is 1.71. The predicted octanol–water partition coefficient (Wildman–Crippen LogP) is 3.64. The summed E-state index contributed by atoms with van der Waals surface area (Å²) in [7, 11) is 0. The molecule has 1 nitrogen and oxygen atoms in total. The molecule has 0 aromatic heterocycles. The van der Waals surface area contributed by atoms with Crippen LogP contribution >= 0.6 is 0 Å². The van der Waals surface area contributed by atoms with Crippen LogP contribution in [-0.2, 0) is 0 Å². The molecule has 0 bridgehead atoms. The van der Waals surface area contributed by atoms with Crippen LogP contribution < -0.4 is 0 Å². The molecular formula is C14H16O. The number of Topliss-reactive ketones (excluding diaryl/α,β-unsaturated/α-hetero) is 1. The van der Waals surface area contributed by atoms with Crippen LogP contribution in [0.5, 0.6) is 0 Å². The Kier molecular flexibility index (Phi) is 1.95. The third-order valence-electron chi connectivity index (χ3n) is 3.48. The van der Waals surface area contributed by atoms with E-state index in [-0.39, 0.29) is 5.78 Å². The maximum Gasteiger partial charge on any atom is 0.159 e. The van der Waals surface area contributed by atoms with Crippen molar-refractivity contribution in [2.24, 2.45) is 0 Å². The lowest BCUT2D eigenvalue weighted by atomic mass is 9.98. The van der Waals surface area contributed by atoms with Crippen molar-refractivity contribution >= 4 is 5.78 Å². The summed E-state index contributed by atoms with van der Waals surface area (Å²) in [5, 5.41) is 0. The van der Waals surface area contributed by atoms with Gasteiger partial charge in [0, 0.05) is 5.56 Å². The van der Waals surface area contributed by atoms with Crippen LogP contribution in [0.15, 0.2) is 18.2 Å². The molecule has 0 amide bonds. The highest BCUT2D eigenvalue weighted by Gasteiger charge is 2.28. The van der Waals surface area contributed by atoms with E-state index in [0.29, 0.717) is 0 Å². The molecule has 0 unspecified atom stereocenters. The Bertz CT molecular complexity index is 381. The number of ketones is 1. The molecule has 2 saturated carbocycles. The van der Waals surface area contributed by atoms with Gasteiger partial charge in [-0.1, -0.05) is 6.07 Å². The summed E-state index contributed by atoms with van der Waals surface area (Å²) in [6.07, 6.45) is 5.24. The minimum absolute atomic E-state index is 0.208. The van der Waals surface area contributed by atoms with E-state index < -0.39 is 0 Å². The molecule has 78 valence electrons. The first-order valence-electron chi connectivity index (χ1n) is 5.90. The molecule has 0 radical (unpaired) electrons. The molecule has 0 aliphatic heterocycles. The Labute approximate surface area is 90.5 Å². The van der Waals surface area contributed by atoms with E-state index in [1.807, 2.05) is 0 Å². The van der Waals surface area contributed by atoms with Gasteiger partial charge >= 0.3 is 0 Å². The average Bonchev–Trinajstić information content (AvgIpc) is 3.06. The summed E-state index contributed by atoms with van der Waals surface area (Å²) >= 11 is 0. The zero-order valence-electron chi connectivity index (χ0n) is 9.12. The molecular weight excluding hydrogens is 184 g/mol. The molecule has 1 aromatic carbocycles. The second-order valence-electron chi connectivity index (χ2n) is 4.99. The third-order valence-corrected chi connectivity index (χ3v) is 3.48. The highest BCUT2D eigenvalue weighted by atomic mass is 16.1. The first-order chi connectivity index (χ1) is 7.24. The fourth-order valence-corrected chi connectivity index (χ4v) is 2.18. The monoisotopic (exact) mass is 200 g/mol. The van der Waals surface area contributed by atoms with Crippen LogP contribution in [0.2, 0.25) is 0 Å². The number of rotatable bonds is 3. The van der Waals surface area contributed by atoms with E-state index in [2.05, 4.69) is 18.2 Å². The molecule has 15 heavy (non-hydrogen) atoms. The normalized spacial score (nSPS) is 20.3. The van der Waals surface area contributed by atoms with Gasteiger partial charge in [-0.3, -0.25) is 4.79 Å². The van der Waals surface area contributed by atoms with Gasteiger partial charge in [-0.2, -0.15) is 0 Å². The van der Waals surface area contributed by atoms with E-state index in [0.717, 1.165) is 17.4 Å². The minimum atomic E-state index is 0.208. The fourth-order valence-electron chi connectivity index (χ4n) is 2.18. The fraction of sp³-hybridized carbons (Fsp3) is 0.500. The maximum atomic E-state index is 11.4. The summed E-state index contributed by atoms with van der Waals surface area (Å²) < 4.78 is 0. The Morgan fingerprint density at radius 3 is 1.80 bits per heavy atom. The average molecular weight is 200 g/mol. The van der Waals surface area contributed by atoms with Gasteiger partial charge in [-0.15, -0.1) is 0 Å². The standard InChI is InChI=1S/C14H16O/c1-9(15)12-6-13(10-2-3-10)8-14(7-12)11-4-5-11/h6-8,10-11H,2-5H2,1H3. The second kappa shape index (κ2) is 3.19. The van der Waals surface area contributed by atoms with E-state index in [4.69, 9.17) is 0 Å². The molecule has 1 aromatic rings. The second-order valence-corrected chi connectivity index (χ2v) is 4.99. The molecule has 0 atom stereocenters. The lowest BCUT2D eigenvalue weighted by Gasteiger charge is -2.06. The molecule has 3 rings (SSSR count). The Morgan fingerprint density at radius 2 is 1.47 bits per heavy atom. The quantitative estimate of drug-likeness (QED) is 0.681. The Morgan fingerprint density at radius 1 is 1.00 bits per heavy atom. The van der Waals surface area contributed by atoms with Gasteiger partial charge in [-0.25, -0.2) is 0 Å². The first-order valence-corrected chi connectivity index (χ1v) is 5.90. The van der Waals surface area contributed by atoms with Crippen molar-refractivity contribution in [3.05, 3.63) is 34.9 Å². The van der Waals surface area contributed by atoms with Crippen molar-refractivity contribution in [2.75, 3.05) is 0 Å². The number of carbonyl (C=O) groups is 1. The highest BCUT2D eigenvalue weighted by Crippen LogP contribution is 2.45. The Balaban J connectivity index is 2.02. The van der Waals surface area contributed by atoms with Crippen molar-refractivity contribution in [3.63, 3.8) is 0 Å². The van der Waals surface area contributed by atoms with Gasteiger partial charge in [0.25, 0.3) is 0 Å². The summed E-state index contributed by atoms with van der Waals surface area (Å²) in [5.41, 5.74) is 3.73. The van der Waals surface area contributed by atoms with Gasteiger partial charge in [-0.05, 0) is 67.7 Å². The summed E-state index contributed by atoms with van der Waals surface area (Å²) in [6, 6.07) is 6.54. The number of benzene rings is 1. The number of hydrogen-bond acceptors (Lipinski definition) is 1. The zero-order valence-corrected chi connectivity index (χ0v) is 9.12. The van der Waals surface area contributed by atoms with Crippen molar-refractivity contribution in [1.82, 2.24) is 0 Å². The molecule has 2 aliphatic rings. The van der Waals surface area contributed by atoms with E-state index >= 15 is 0 Å². The van der Waals surface area contributed by atoms with Crippen molar-refractivity contribution in [2.45, 2.75) is 44.4 Å². The van der Waals surface area contributed by atoms with Gasteiger partial charge in [0.1, 0.15) is 0 Å². The SMILES string of the molecule is CC(=O)c1cc(C2CC2)cc(C2CC2)c1. The largest absolute Gasteiger partial charge is 0.295 e. The molecule has 2 fully saturated rings. The molecule has 2 aliphatic carbocycles. The van der Waals surface area contributed by atoms with Crippen molar-refractivity contribution in [1.29, 1.82) is 0 Å². The van der Waals surface area contributed by atoms with E-state index in [1.54, 1.807) is 6.92 Å². The van der Waals surface area contributed by atoms with Crippen molar-refractivity contribution in [3.8, 4) is 0 Å². The first kappa shape index (κ1) is 9.14.